The van der Waals surface area contributed by atoms with Crippen molar-refractivity contribution in [2.24, 2.45) is 0 Å². The third-order valence-electron chi connectivity index (χ3n) is 1.79. The molecule has 0 aliphatic rings. The molecule has 0 radical (unpaired) electrons. The Hall–Kier alpha value is -1.13. The van der Waals surface area contributed by atoms with Crippen LogP contribution in [0.3, 0.4) is 0 Å². The van der Waals surface area contributed by atoms with Gasteiger partial charge in [0.1, 0.15) is 11.6 Å². The maximum atomic E-state index is 13.0. The van der Waals surface area contributed by atoms with Crippen LogP contribution in [0.1, 0.15) is 11.1 Å². The Labute approximate surface area is 76.0 Å². The van der Waals surface area contributed by atoms with Crippen molar-refractivity contribution in [2.75, 3.05) is 7.05 Å². The van der Waals surface area contributed by atoms with E-state index in [1.165, 1.54) is 26.1 Å². The fourth-order valence-corrected chi connectivity index (χ4v) is 1.07. The van der Waals surface area contributed by atoms with Crippen LogP contribution in [0.4, 0.5) is 4.39 Å². The Balaban J connectivity index is 2.99. The number of hydroxylamine groups is 2. The van der Waals surface area contributed by atoms with Crippen LogP contribution in [0.15, 0.2) is 12.1 Å². The van der Waals surface area contributed by atoms with E-state index in [0.29, 0.717) is 5.56 Å². The largest absolute Gasteiger partial charge is 0.508 e. The first-order valence-corrected chi connectivity index (χ1v) is 3.88. The number of aromatic hydroxyl groups is 1. The molecule has 0 atom stereocenters. The zero-order valence-corrected chi connectivity index (χ0v) is 7.58. The van der Waals surface area contributed by atoms with Crippen molar-refractivity contribution < 1.29 is 14.7 Å². The van der Waals surface area contributed by atoms with E-state index in [4.69, 9.17) is 5.21 Å². The highest BCUT2D eigenvalue weighted by molar-refractivity contribution is 5.36. The summed E-state index contributed by atoms with van der Waals surface area (Å²) in [6.07, 6.45) is 0. The Bertz CT molecular complexity index is 289. The van der Waals surface area contributed by atoms with Gasteiger partial charge in [-0.25, -0.2) is 4.39 Å². The van der Waals surface area contributed by atoms with E-state index < -0.39 is 5.82 Å². The summed E-state index contributed by atoms with van der Waals surface area (Å²) >= 11 is 0. The van der Waals surface area contributed by atoms with Gasteiger partial charge in [0.2, 0.25) is 0 Å². The Morgan fingerprint density at radius 2 is 2.08 bits per heavy atom. The third-order valence-corrected chi connectivity index (χ3v) is 1.79. The van der Waals surface area contributed by atoms with Gasteiger partial charge in [-0.2, -0.15) is 5.06 Å². The molecule has 0 aromatic heterocycles. The summed E-state index contributed by atoms with van der Waals surface area (Å²) in [5, 5.41) is 19.1. The van der Waals surface area contributed by atoms with Gasteiger partial charge in [0.05, 0.1) is 0 Å². The number of halogens is 1. The molecule has 0 aliphatic carbocycles. The predicted octanol–water partition coefficient (Wildman–Crippen LogP) is 1.66. The summed E-state index contributed by atoms with van der Waals surface area (Å²) in [6, 6.07) is 2.73. The topological polar surface area (TPSA) is 43.7 Å². The molecule has 1 aromatic carbocycles. The molecule has 0 saturated heterocycles. The minimum absolute atomic E-state index is 0.0862. The van der Waals surface area contributed by atoms with Crippen molar-refractivity contribution in [1.29, 1.82) is 0 Å². The SMILES string of the molecule is Cc1c(O)cc(CN(C)O)cc1F. The Kier molecular flexibility index (Phi) is 2.85. The summed E-state index contributed by atoms with van der Waals surface area (Å²) in [5.41, 5.74) is 0.759. The first kappa shape index (κ1) is 9.95. The fourth-order valence-electron chi connectivity index (χ4n) is 1.07. The van der Waals surface area contributed by atoms with Crippen LogP contribution in [0, 0.1) is 12.7 Å². The van der Waals surface area contributed by atoms with E-state index in [-0.39, 0.29) is 17.9 Å². The first-order chi connectivity index (χ1) is 6.00. The summed E-state index contributed by atoms with van der Waals surface area (Å²) in [6.45, 7) is 1.68. The molecule has 0 saturated carbocycles. The average molecular weight is 185 g/mol. The predicted molar refractivity (Wildman–Crippen MR) is 46.1 cm³/mol. The fraction of sp³-hybridized carbons (Fsp3) is 0.333. The molecule has 0 fully saturated rings. The number of phenols is 1. The molecule has 72 valence electrons. The summed E-state index contributed by atoms with van der Waals surface area (Å²) in [4.78, 5) is 0. The quantitative estimate of drug-likeness (QED) is 0.689. The molecular weight excluding hydrogens is 173 g/mol. The maximum absolute atomic E-state index is 13.0. The zero-order valence-electron chi connectivity index (χ0n) is 7.58. The Morgan fingerprint density at radius 1 is 1.46 bits per heavy atom. The van der Waals surface area contributed by atoms with Gasteiger partial charge in [0.15, 0.2) is 0 Å². The van der Waals surface area contributed by atoms with E-state index in [1.54, 1.807) is 0 Å². The zero-order chi connectivity index (χ0) is 10.0. The lowest BCUT2D eigenvalue weighted by atomic mass is 10.1. The van der Waals surface area contributed by atoms with Gasteiger partial charge in [-0.05, 0) is 24.6 Å². The van der Waals surface area contributed by atoms with Gasteiger partial charge in [0, 0.05) is 19.2 Å². The summed E-state index contributed by atoms with van der Waals surface area (Å²) in [7, 11) is 1.45. The molecule has 13 heavy (non-hydrogen) atoms. The van der Waals surface area contributed by atoms with E-state index in [2.05, 4.69) is 0 Å². The van der Waals surface area contributed by atoms with Crippen molar-refractivity contribution in [1.82, 2.24) is 5.06 Å². The van der Waals surface area contributed by atoms with Gasteiger partial charge in [-0.1, -0.05) is 0 Å². The molecule has 0 amide bonds. The van der Waals surface area contributed by atoms with Crippen molar-refractivity contribution in [3.8, 4) is 5.75 Å². The number of rotatable bonds is 2. The van der Waals surface area contributed by atoms with Crippen molar-refractivity contribution >= 4 is 0 Å². The molecule has 0 heterocycles. The summed E-state index contributed by atoms with van der Waals surface area (Å²) in [5.74, 6) is -0.547. The van der Waals surface area contributed by atoms with E-state index in [0.717, 1.165) is 5.06 Å². The number of hydrogen-bond donors (Lipinski definition) is 2. The molecule has 2 N–H and O–H groups in total. The van der Waals surface area contributed by atoms with Gasteiger partial charge in [-0.3, -0.25) is 0 Å². The number of phenolic OH excluding ortho intramolecular Hbond substituents is 1. The van der Waals surface area contributed by atoms with Crippen LogP contribution in [-0.2, 0) is 6.54 Å². The lowest BCUT2D eigenvalue weighted by Gasteiger charge is -2.09. The van der Waals surface area contributed by atoms with Crippen LogP contribution in [-0.4, -0.2) is 22.4 Å². The van der Waals surface area contributed by atoms with Crippen molar-refractivity contribution in [3.05, 3.63) is 29.1 Å². The molecule has 0 spiro atoms. The highest BCUT2D eigenvalue weighted by atomic mass is 19.1. The molecule has 4 heteroatoms. The second-order valence-corrected chi connectivity index (χ2v) is 3.04. The smallest absolute Gasteiger partial charge is 0.130 e. The number of benzene rings is 1. The first-order valence-electron chi connectivity index (χ1n) is 3.88. The third kappa shape index (κ3) is 2.40. The standard InChI is InChI=1S/C9H12FNO2/c1-6-8(10)3-7(4-9(6)12)5-11(2)13/h3-4,12-13H,5H2,1-2H3. The lowest BCUT2D eigenvalue weighted by Crippen LogP contribution is -2.11. The molecular formula is C9H12FNO2. The van der Waals surface area contributed by atoms with Crippen LogP contribution in [0.2, 0.25) is 0 Å². The second kappa shape index (κ2) is 3.72. The highest BCUT2D eigenvalue weighted by Gasteiger charge is 2.06. The molecule has 0 bridgehead atoms. The molecule has 3 nitrogen and oxygen atoms in total. The molecule has 0 unspecified atom stereocenters. The molecule has 0 aliphatic heterocycles. The highest BCUT2D eigenvalue weighted by Crippen LogP contribution is 2.21. The maximum Gasteiger partial charge on any atom is 0.130 e. The monoisotopic (exact) mass is 185 g/mol. The van der Waals surface area contributed by atoms with Crippen molar-refractivity contribution in [3.63, 3.8) is 0 Å². The Morgan fingerprint density at radius 3 is 2.54 bits per heavy atom. The van der Waals surface area contributed by atoms with Gasteiger partial charge >= 0.3 is 0 Å². The average Bonchev–Trinajstić information content (AvgIpc) is 1.98. The van der Waals surface area contributed by atoms with Crippen LogP contribution >= 0.6 is 0 Å². The molecule has 1 rings (SSSR count). The number of nitrogens with zero attached hydrogens (tertiary/aromatic N) is 1. The van der Waals surface area contributed by atoms with E-state index >= 15 is 0 Å². The molecule has 1 aromatic rings. The van der Waals surface area contributed by atoms with Gasteiger partial charge in [0.25, 0.3) is 0 Å². The van der Waals surface area contributed by atoms with Crippen molar-refractivity contribution in [2.45, 2.75) is 13.5 Å². The van der Waals surface area contributed by atoms with Crippen LogP contribution < -0.4 is 0 Å². The van der Waals surface area contributed by atoms with E-state index in [1.807, 2.05) is 0 Å². The minimum atomic E-state index is -0.461. The van der Waals surface area contributed by atoms with Gasteiger partial charge in [-0.15, -0.1) is 0 Å². The van der Waals surface area contributed by atoms with Gasteiger partial charge < -0.3 is 10.3 Å². The number of hydrogen-bond acceptors (Lipinski definition) is 3. The second-order valence-electron chi connectivity index (χ2n) is 3.04. The normalized spacial score (nSPS) is 10.8. The minimum Gasteiger partial charge on any atom is -0.508 e. The van der Waals surface area contributed by atoms with Crippen LogP contribution in [0.25, 0.3) is 0 Å². The van der Waals surface area contributed by atoms with Crippen LogP contribution in [0.5, 0.6) is 5.75 Å². The summed E-state index contributed by atoms with van der Waals surface area (Å²) < 4.78 is 13.0. The lowest BCUT2D eigenvalue weighted by molar-refractivity contribution is -0.0732. The van der Waals surface area contributed by atoms with E-state index in [9.17, 15) is 9.50 Å².